The van der Waals surface area contributed by atoms with Crippen molar-refractivity contribution in [1.82, 2.24) is 0 Å². The van der Waals surface area contributed by atoms with Crippen LogP contribution in [0.3, 0.4) is 0 Å². The maximum absolute atomic E-state index is 11.8. The van der Waals surface area contributed by atoms with Gasteiger partial charge in [0.05, 0.1) is 17.3 Å². The normalized spacial score (nSPS) is 12.6. The number of sulfone groups is 2. The van der Waals surface area contributed by atoms with E-state index in [4.69, 9.17) is 0 Å². The summed E-state index contributed by atoms with van der Waals surface area (Å²) in [6.07, 6.45) is 6.51. The van der Waals surface area contributed by atoms with Gasteiger partial charge in [0.2, 0.25) is 0 Å². The summed E-state index contributed by atoms with van der Waals surface area (Å²) in [7, 11) is -2.95. The Morgan fingerprint density at radius 2 is 1.14 bits per heavy atom. The minimum atomic E-state index is -2.95. The summed E-state index contributed by atoms with van der Waals surface area (Å²) >= 11 is 0. The Bertz CT molecular complexity index is 457. The molecule has 0 saturated carbocycles. The van der Waals surface area contributed by atoms with Gasteiger partial charge in [-0.25, -0.2) is 16.8 Å². The van der Waals surface area contributed by atoms with E-state index in [9.17, 15) is 16.8 Å². The van der Waals surface area contributed by atoms with Crippen molar-refractivity contribution in [3.05, 3.63) is 0 Å². The minimum absolute atomic E-state index is 0.171. The number of hydrogen-bond acceptors (Lipinski definition) is 6. The molecule has 0 aliphatic rings. The quantitative estimate of drug-likeness (QED) is 0.314. The zero-order chi connectivity index (χ0) is 16.9. The minimum Gasteiger partial charge on any atom is -0.229 e. The van der Waals surface area contributed by atoms with Crippen LogP contribution in [0, 0.1) is 0 Å². The van der Waals surface area contributed by atoms with Crippen molar-refractivity contribution in [3.63, 3.8) is 0 Å². The van der Waals surface area contributed by atoms with Gasteiger partial charge in [-0.05, 0) is 6.42 Å². The van der Waals surface area contributed by atoms with Gasteiger partial charge in [-0.2, -0.15) is 0 Å². The molecule has 0 bridgehead atoms. The summed E-state index contributed by atoms with van der Waals surface area (Å²) in [5.41, 5.74) is 0. The highest BCUT2D eigenvalue weighted by Crippen LogP contribution is 2.21. The predicted octanol–water partition coefficient (Wildman–Crippen LogP) is 3.58. The van der Waals surface area contributed by atoms with E-state index in [1.54, 1.807) is 6.92 Å². The third-order valence-electron chi connectivity index (χ3n) is 3.29. The molecule has 0 amide bonds. The fourth-order valence-corrected chi connectivity index (χ4v) is 7.67. The molecule has 0 N–H and O–H groups in total. The molecule has 0 saturated heterocycles. The Labute approximate surface area is 144 Å². The molecule has 8 heteroatoms. The molecule has 0 aromatic heterocycles. The Hall–Kier alpha value is 0.600. The molecule has 0 aromatic rings. The van der Waals surface area contributed by atoms with E-state index in [2.05, 4.69) is 6.92 Å². The fraction of sp³-hybridized carbons (Fsp3) is 1.00. The molecule has 22 heavy (non-hydrogen) atoms. The van der Waals surface area contributed by atoms with Crippen molar-refractivity contribution in [2.24, 2.45) is 0 Å². The fourth-order valence-electron chi connectivity index (χ4n) is 1.79. The SMILES string of the molecule is CCCCCCCCS(=O)(=O)CCSSCCS(=O)(=O)CC. The van der Waals surface area contributed by atoms with Crippen molar-refractivity contribution >= 4 is 41.3 Å². The standard InChI is InChI=1S/C14H30O4S4/c1-3-5-6-7-8-9-12-22(17,18)14-11-20-19-10-13-21(15,16)4-2/h3-14H2,1-2H3. The average Bonchev–Trinajstić information content (AvgIpc) is 2.46. The van der Waals surface area contributed by atoms with E-state index >= 15 is 0 Å². The lowest BCUT2D eigenvalue weighted by Gasteiger charge is -2.05. The molecule has 0 atom stereocenters. The van der Waals surface area contributed by atoms with E-state index in [0.29, 0.717) is 11.5 Å². The molecule has 0 aromatic carbocycles. The first kappa shape index (κ1) is 22.6. The van der Waals surface area contributed by atoms with Crippen molar-refractivity contribution in [2.75, 3.05) is 34.5 Å². The predicted molar refractivity (Wildman–Crippen MR) is 101 cm³/mol. The Balaban J connectivity index is 3.60. The summed E-state index contributed by atoms with van der Waals surface area (Å²) in [6.45, 7) is 3.81. The highest BCUT2D eigenvalue weighted by Gasteiger charge is 2.11. The van der Waals surface area contributed by atoms with Crippen molar-refractivity contribution in [2.45, 2.75) is 52.4 Å². The van der Waals surface area contributed by atoms with Crippen molar-refractivity contribution in [3.8, 4) is 0 Å². The summed E-state index contributed by atoms with van der Waals surface area (Å²) in [6, 6.07) is 0. The summed E-state index contributed by atoms with van der Waals surface area (Å²) < 4.78 is 46.2. The maximum Gasteiger partial charge on any atom is 0.151 e. The zero-order valence-electron chi connectivity index (χ0n) is 13.8. The Morgan fingerprint density at radius 1 is 0.636 bits per heavy atom. The van der Waals surface area contributed by atoms with Crippen LogP contribution in [0.5, 0.6) is 0 Å². The molecular formula is C14H30O4S4. The second-order valence-electron chi connectivity index (χ2n) is 5.30. The second-order valence-corrected chi connectivity index (χ2v) is 12.8. The van der Waals surface area contributed by atoms with Crippen molar-refractivity contribution < 1.29 is 16.8 Å². The monoisotopic (exact) mass is 390 g/mol. The molecule has 134 valence electrons. The number of unbranched alkanes of at least 4 members (excludes halogenated alkanes) is 5. The summed E-state index contributed by atoms with van der Waals surface area (Å²) in [5.74, 6) is 1.89. The Kier molecular flexibility index (Phi) is 13.3. The lowest BCUT2D eigenvalue weighted by molar-refractivity contribution is 0.584. The van der Waals surface area contributed by atoms with Crippen LogP contribution in [0.1, 0.15) is 52.4 Å². The van der Waals surface area contributed by atoms with E-state index in [1.165, 1.54) is 40.9 Å². The maximum atomic E-state index is 11.8. The molecule has 0 heterocycles. The first-order chi connectivity index (χ1) is 10.3. The number of rotatable bonds is 15. The van der Waals surface area contributed by atoms with Gasteiger partial charge in [-0.3, -0.25) is 0 Å². The Morgan fingerprint density at radius 3 is 1.68 bits per heavy atom. The highest BCUT2D eigenvalue weighted by atomic mass is 33.1. The third-order valence-corrected chi connectivity index (χ3v) is 9.66. The zero-order valence-corrected chi connectivity index (χ0v) is 17.0. The third kappa shape index (κ3) is 14.2. The van der Waals surface area contributed by atoms with Gasteiger partial charge in [0.1, 0.15) is 0 Å². The molecular weight excluding hydrogens is 360 g/mol. The molecule has 0 aliphatic heterocycles. The molecule has 0 aliphatic carbocycles. The molecule has 0 fully saturated rings. The second kappa shape index (κ2) is 13.0. The van der Waals surface area contributed by atoms with E-state index in [0.717, 1.165) is 19.3 Å². The van der Waals surface area contributed by atoms with Crippen LogP contribution >= 0.6 is 21.6 Å². The number of hydrogen-bond donors (Lipinski definition) is 0. The van der Waals surface area contributed by atoms with Gasteiger partial charge in [0.25, 0.3) is 0 Å². The topological polar surface area (TPSA) is 68.3 Å². The smallest absolute Gasteiger partial charge is 0.151 e. The largest absolute Gasteiger partial charge is 0.229 e. The summed E-state index contributed by atoms with van der Waals surface area (Å²) in [5, 5.41) is 0. The highest BCUT2D eigenvalue weighted by molar-refractivity contribution is 8.76. The van der Waals surface area contributed by atoms with E-state index in [-0.39, 0.29) is 23.0 Å². The van der Waals surface area contributed by atoms with Gasteiger partial charge in [0.15, 0.2) is 19.7 Å². The van der Waals surface area contributed by atoms with Gasteiger partial charge in [-0.1, -0.05) is 67.5 Å². The summed E-state index contributed by atoms with van der Waals surface area (Å²) in [4.78, 5) is 0. The molecule has 0 radical (unpaired) electrons. The van der Waals surface area contributed by atoms with Crippen LogP contribution in [-0.4, -0.2) is 51.4 Å². The van der Waals surface area contributed by atoms with Crippen LogP contribution in [0.15, 0.2) is 0 Å². The van der Waals surface area contributed by atoms with Crippen LogP contribution in [0.25, 0.3) is 0 Å². The van der Waals surface area contributed by atoms with E-state index < -0.39 is 19.7 Å². The lowest BCUT2D eigenvalue weighted by Crippen LogP contribution is -2.13. The van der Waals surface area contributed by atoms with Crippen LogP contribution in [-0.2, 0) is 19.7 Å². The van der Waals surface area contributed by atoms with Gasteiger partial charge in [0, 0.05) is 17.3 Å². The van der Waals surface area contributed by atoms with Gasteiger partial charge in [-0.15, -0.1) is 0 Å². The van der Waals surface area contributed by atoms with Crippen LogP contribution < -0.4 is 0 Å². The lowest BCUT2D eigenvalue weighted by atomic mass is 10.1. The van der Waals surface area contributed by atoms with Crippen LogP contribution in [0.4, 0.5) is 0 Å². The average molecular weight is 391 g/mol. The van der Waals surface area contributed by atoms with E-state index in [1.807, 2.05) is 0 Å². The molecule has 0 spiro atoms. The van der Waals surface area contributed by atoms with Gasteiger partial charge >= 0.3 is 0 Å². The van der Waals surface area contributed by atoms with Crippen LogP contribution in [0.2, 0.25) is 0 Å². The molecule has 0 rings (SSSR count). The van der Waals surface area contributed by atoms with Gasteiger partial charge < -0.3 is 0 Å². The van der Waals surface area contributed by atoms with Crippen molar-refractivity contribution in [1.29, 1.82) is 0 Å². The first-order valence-corrected chi connectivity index (χ1v) is 14.1. The molecule has 0 unspecified atom stereocenters. The molecule has 4 nitrogen and oxygen atoms in total. The first-order valence-electron chi connectivity index (χ1n) is 7.98.